The summed E-state index contributed by atoms with van der Waals surface area (Å²) in [6.07, 6.45) is 5.19. The molecular weight excluding hydrogens is 446 g/mol. The first-order chi connectivity index (χ1) is 14.4. The third-order valence-electron chi connectivity index (χ3n) is 5.43. The molecule has 7 heteroatoms. The molecule has 6 nitrogen and oxygen atoms in total. The minimum atomic E-state index is -0.743. The molecular formula is C23H22BrN3O3. The number of hydrogen-bond acceptors (Lipinski definition) is 4. The van der Waals surface area contributed by atoms with Crippen molar-refractivity contribution in [1.29, 1.82) is 0 Å². The molecule has 0 saturated carbocycles. The minimum Gasteiger partial charge on any atom is -0.372 e. The molecule has 2 aliphatic heterocycles. The maximum atomic E-state index is 13.1. The molecule has 2 saturated heterocycles. The summed E-state index contributed by atoms with van der Waals surface area (Å²) in [6, 6.07) is 12.3. The Hall–Kier alpha value is -2.93. The molecule has 2 aromatic carbocycles. The van der Waals surface area contributed by atoms with E-state index in [-0.39, 0.29) is 5.57 Å². The lowest BCUT2D eigenvalue weighted by atomic mass is 10.0. The van der Waals surface area contributed by atoms with E-state index in [1.807, 2.05) is 30.3 Å². The Balaban J connectivity index is 1.62. The lowest BCUT2D eigenvalue weighted by molar-refractivity contribution is -0.122. The zero-order valence-corrected chi connectivity index (χ0v) is 18.2. The number of hydrogen-bond donors (Lipinski definition) is 1. The van der Waals surface area contributed by atoms with Crippen LogP contribution >= 0.6 is 15.9 Å². The number of carbonyl (C=O) groups is 3. The monoisotopic (exact) mass is 467 g/mol. The first-order valence-corrected chi connectivity index (χ1v) is 10.8. The summed E-state index contributed by atoms with van der Waals surface area (Å²) in [4.78, 5) is 41.2. The van der Waals surface area contributed by atoms with Crippen LogP contribution in [0.1, 0.15) is 30.4 Å². The number of rotatable bonds is 3. The summed E-state index contributed by atoms with van der Waals surface area (Å²) in [6.45, 7) is 3.90. The molecule has 0 aliphatic carbocycles. The Bertz CT molecular complexity index is 1040. The molecule has 30 heavy (non-hydrogen) atoms. The van der Waals surface area contributed by atoms with Crippen molar-refractivity contribution < 1.29 is 14.4 Å². The predicted molar refractivity (Wildman–Crippen MR) is 120 cm³/mol. The van der Waals surface area contributed by atoms with Gasteiger partial charge >= 0.3 is 6.03 Å². The van der Waals surface area contributed by atoms with Gasteiger partial charge in [0, 0.05) is 23.2 Å². The van der Waals surface area contributed by atoms with Crippen molar-refractivity contribution in [3.63, 3.8) is 0 Å². The van der Waals surface area contributed by atoms with Crippen molar-refractivity contribution >= 4 is 51.2 Å². The van der Waals surface area contributed by atoms with Crippen LogP contribution in [0, 0.1) is 6.92 Å². The van der Waals surface area contributed by atoms with Gasteiger partial charge in [-0.05, 0) is 73.7 Å². The van der Waals surface area contributed by atoms with Crippen LogP contribution in [0.15, 0.2) is 52.5 Å². The van der Waals surface area contributed by atoms with Gasteiger partial charge in [0.05, 0.1) is 5.69 Å². The smallest absolute Gasteiger partial charge is 0.335 e. The lowest BCUT2D eigenvalue weighted by Gasteiger charge is -2.29. The Morgan fingerprint density at radius 3 is 2.33 bits per heavy atom. The zero-order chi connectivity index (χ0) is 21.3. The number of barbiturate groups is 1. The number of piperidine rings is 1. The highest BCUT2D eigenvalue weighted by atomic mass is 79.9. The fourth-order valence-corrected chi connectivity index (χ4v) is 4.32. The number of halogens is 1. The fraction of sp³-hybridized carbons (Fsp3) is 0.261. The quantitative estimate of drug-likeness (QED) is 0.535. The third-order valence-corrected chi connectivity index (χ3v) is 5.92. The Morgan fingerprint density at radius 1 is 0.967 bits per heavy atom. The molecule has 0 unspecified atom stereocenters. The van der Waals surface area contributed by atoms with E-state index in [1.165, 1.54) is 25.3 Å². The second-order valence-corrected chi connectivity index (χ2v) is 8.44. The van der Waals surface area contributed by atoms with Crippen LogP contribution in [0.5, 0.6) is 0 Å². The highest BCUT2D eigenvalue weighted by Crippen LogP contribution is 2.28. The highest BCUT2D eigenvalue weighted by Gasteiger charge is 2.37. The van der Waals surface area contributed by atoms with Crippen LogP contribution in [0.3, 0.4) is 0 Å². The largest absolute Gasteiger partial charge is 0.372 e. The number of nitrogens with zero attached hydrogens (tertiary/aromatic N) is 2. The fourth-order valence-electron chi connectivity index (χ4n) is 3.85. The second kappa shape index (κ2) is 8.44. The number of aryl methyl sites for hydroxylation is 1. The standard InChI is InChI=1S/C23H22BrN3O3/c1-15-13-17(24)7-10-20(15)27-22(29)19(21(28)25-23(27)30)14-16-5-8-18(9-6-16)26-11-3-2-4-12-26/h5-10,13-14H,2-4,11-12H2,1H3,(H,25,28,30)/b19-14-. The van der Waals surface area contributed by atoms with Crippen LogP contribution in [-0.2, 0) is 9.59 Å². The summed E-state index contributed by atoms with van der Waals surface area (Å²) < 4.78 is 0.842. The van der Waals surface area contributed by atoms with Crippen molar-refractivity contribution in [2.24, 2.45) is 0 Å². The molecule has 0 aromatic heterocycles. The second-order valence-electron chi connectivity index (χ2n) is 7.53. The van der Waals surface area contributed by atoms with Crippen molar-refractivity contribution in [3.8, 4) is 0 Å². The molecule has 2 heterocycles. The van der Waals surface area contributed by atoms with Gasteiger partial charge in [-0.1, -0.05) is 28.1 Å². The van der Waals surface area contributed by atoms with Gasteiger partial charge in [0.25, 0.3) is 11.8 Å². The van der Waals surface area contributed by atoms with E-state index in [1.54, 1.807) is 19.1 Å². The van der Waals surface area contributed by atoms with E-state index >= 15 is 0 Å². The lowest BCUT2D eigenvalue weighted by Crippen LogP contribution is -2.54. The summed E-state index contributed by atoms with van der Waals surface area (Å²) in [7, 11) is 0. The Kier molecular flexibility index (Phi) is 5.72. The molecule has 0 atom stereocenters. The van der Waals surface area contributed by atoms with E-state index in [4.69, 9.17) is 0 Å². The Morgan fingerprint density at radius 2 is 1.67 bits per heavy atom. The molecule has 4 rings (SSSR count). The van der Waals surface area contributed by atoms with Crippen molar-refractivity contribution in [3.05, 3.63) is 63.6 Å². The molecule has 2 fully saturated rings. The molecule has 0 radical (unpaired) electrons. The average molecular weight is 468 g/mol. The molecule has 154 valence electrons. The molecule has 2 aromatic rings. The van der Waals surface area contributed by atoms with Gasteiger partial charge in [-0.25, -0.2) is 9.69 Å². The summed E-state index contributed by atoms with van der Waals surface area (Å²) in [5.41, 5.74) is 2.99. The van der Waals surface area contributed by atoms with E-state index in [0.717, 1.165) is 39.3 Å². The molecule has 0 spiro atoms. The molecule has 1 N–H and O–H groups in total. The van der Waals surface area contributed by atoms with Crippen molar-refractivity contribution in [1.82, 2.24) is 5.32 Å². The topological polar surface area (TPSA) is 69.7 Å². The number of urea groups is 1. The number of benzene rings is 2. The van der Waals surface area contributed by atoms with Gasteiger partial charge in [0.1, 0.15) is 5.57 Å². The van der Waals surface area contributed by atoms with Gasteiger partial charge in [-0.15, -0.1) is 0 Å². The predicted octanol–water partition coefficient (Wildman–Crippen LogP) is 4.41. The number of amides is 4. The highest BCUT2D eigenvalue weighted by molar-refractivity contribution is 9.10. The number of anilines is 2. The van der Waals surface area contributed by atoms with E-state index in [9.17, 15) is 14.4 Å². The van der Waals surface area contributed by atoms with E-state index < -0.39 is 17.8 Å². The van der Waals surface area contributed by atoms with Crippen LogP contribution in [0.25, 0.3) is 6.08 Å². The summed E-state index contributed by atoms with van der Waals surface area (Å²) in [5.74, 6) is -1.31. The average Bonchev–Trinajstić information content (AvgIpc) is 2.73. The summed E-state index contributed by atoms with van der Waals surface area (Å²) in [5, 5.41) is 2.27. The van der Waals surface area contributed by atoms with Gasteiger partial charge in [0.2, 0.25) is 0 Å². The van der Waals surface area contributed by atoms with Gasteiger partial charge in [-0.3, -0.25) is 14.9 Å². The van der Waals surface area contributed by atoms with E-state index in [2.05, 4.69) is 26.1 Å². The van der Waals surface area contributed by atoms with Crippen LogP contribution in [-0.4, -0.2) is 30.9 Å². The third kappa shape index (κ3) is 4.03. The van der Waals surface area contributed by atoms with Crippen molar-refractivity contribution in [2.75, 3.05) is 22.9 Å². The van der Waals surface area contributed by atoms with Gasteiger partial charge in [-0.2, -0.15) is 0 Å². The molecule has 2 aliphatic rings. The number of nitrogens with one attached hydrogen (secondary N) is 1. The summed E-state index contributed by atoms with van der Waals surface area (Å²) >= 11 is 3.38. The van der Waals surface area contributed by atoms with Gasteiger partial charge < -0.3 is 4.90 Å². The van der Waals surface area contributed by atoms with Crippen LogP contribution in [0.4, 0.5) is 16.2 Å². The normalized spacial score (nSPS) is 18.7. The van der Waals surface area contributed by atoms with Crippen LogP contribution in [0.2, 0.25) is 0 Å². The Labute approximate surface area is 183 Å². The SMILES string of the molecule is Cc1cc(Br)ccc1N1C(=O)NC(=O)/C(=C/c2ccc(N3CCCCC3)cc2)C1=O. The first-order valence-electron chi connectivity index (χ1n) is 9.96. The minimum absolute atomic E-state index is 0.0670. The number of imide groups is 2. The molecule has 0 bridgehead atoms. The first kappa shape index (κ1) is 20.3. The maximum Gasteiger partial charge on any atom is 0.335 e. The zero-order valence-electron chi connectivity index (χ0n) is 16.7. The molecule has 4 amide bonds. The maximum absolute atomic E-state index is 13.1. The number of carbonyl (C=O) groups excluding carboxylic acids is 3. The van der Waals surface area contributed by atoms with E-state index in [0.29, 0.717) is 5.69 Å². The van der Waals surface area contributed by atoms with Gasteiger partial charge in [0.15, 0.2) is 0 Å². The van der Waals surface area contributed by atoms with Crippen LogP contribution < -0.4 is 15.1 Å². The van der Waals surface area contributed by atoms with Crippen molar-refractivity contribution in [2.45, 2.75) is 26.2 Å².